The van der Waals surface area contributed by atoms with Crippen LogP contribution in [0.5, 0.6) is 0 Å². The fraction of sp³-hybridized carbons (Fsp3) is 0.600. The number of rotatable bonds is 7. The molecule has 1 aromatic rings. The molecule has 0 saturated carbocycles. The highest BCUT2D eigenvalue weighted by Crippen LogP contribution is 2.28. The SMILES string of the molecule is CCCCCN(C)c1ccc(C(C)NC)cc1Br. The molecule has 0 aliphatic rings. The number of benzene rings is 1. The first-order valence-electron chi connectivity index (χ1n) is 6.78. The van der Waals surface area contributed by atoms with E-state index < -0.39 is 0 Å². The van der Waals surface area contributed by atoms with Gasteiger partial charge in [0, 0.05) is 24.1 Å². The molecule has 0 saturated heterocycles. The molecular weight excluding hydrogens is 288 g/mol. The van der Waals surface area contributed by atoms with Crippen LogP contribution in [0.25, 0.3) is 0 Å². The van der Waals surface area contributed by atoms with Crippen LogP contribution >= 0.6 is 15.9 Å². The molecule has 3 heteroatoms. The Morgan fingerprint density at radius 3 is 2.61 bits per heavy atom. The number of nitrogens with one attached hydrogen (secondary N) is 1. The van der Waals surface area contributed by atoms with Crippen LogP contribution < -0.4 is 10.2 Å². The third kappa shape index (κ3) is 4.29. The van der Waals surface area contributed by atoms with Gasteiger partial charge in [-0.25, -0.2) is 0 Å². The van der Waals surface area contributed by atoms with E-state index in [1.165, 1.54) is 35.0 Å². The molecule has 0 heterocycles. The number of nitrogens with zero attached hydrogens (tertiary/aromatic N) is 1. The summed E-state index contributed by atoms with van der Waals surface area (Å²) in [6.07, 6.45) is 3.83. The molecule has 0 bridgehead atoms. The lowest BCUT2D eigenvalue weighted by Gasteiger charge is -2.22. The molecule has 1 atom stereocenters. The van der Waals surface area contributed by atoms with E-state index in [4.69, 9.17) is 0 Å². The molecule has 102 valence electrons. The Bertz CT molecular complexity index is 366. The number of unbranched alkanes of at least 4 members (excludes halogenated alkanes) is 2. The van der Waals surface area contributed by atoms with E-state index in [2.05, 4.69) is 65.2 Å². The molecule has 0 amide bonds. The highest BCUT2D eigenvalue weighted by Gasteiger charge is 2.09. The van der Waals surface area contributed by atoms with Crippen molar-refractivity contribution in [2.75, 3.05) is 25.5 Å². The Kier molecular flexibility index (Phi) is 6.72. The van der Waals surface area contributed by atoms with Crippen molar-refractivity contribution in [1.82, 2.24) is 5.32 Å². The van der Waals surface area contributed by atoms with Gasteiger partial charge in [0.15, 0.2) is 0 Å². The van der Waals surface area contributed by atoms with E-state index in [1.54, 1.807) is 0 Å². The zero-order valence-corrected chi connectivity index (χ0v) is 13.5. The van der Waals surface area contributed by atoms with Crippen molar-refractivity contribution in [1.29, 1.82) is 0 Å². The van der Waals surface area contributed by atoms with Crippen molar-refractivity contribution >= 4 is 21.6 Å². The van der Waals surface area contributed by atoms with E-state index in [-0.39, 0.29) is 0 Å². The maximum absolute atomic E-state index is 3.68. The maximum atomic E-state index is 3.68. The number of hydrogen-bond donors (Lipinski definition) is 1. The fourth-order valence-electron chi connectivity index (χ4n) is 1.99. The van der Waals surface area contributed by atoms with Crippen molar-refractivity contribution in [3.8, 4) is 0 Å². The third-order valence-electron chi connectivity index (χ3n) is 3.41. The normalized spacial score (nSPS) is 12.5. The van der Waals surface area contributed by atoms with Gasteiger partial charge in [0.25, 0.3) is 0 Å². The minimum absolute atomic E-state index is 0.390. The van der Waals surface area contributed by atoms with Crippen LogP contribution in [0.3, 0.4) is 0 Å². The van der Waals surface area contributed by atoms with E-state index in [0.717, 1.165) is 6.54 Å². The monoisotopic (exact) mass is 312 g/mol. The predicted molar refractivity (Wildman–Crippen MR) is 84.4 cm³/mol. The Hall–Kier alpha value is -0.540. The van der Waals surface area contributed by atoms with Gasteiger partial charge in [-0.1, -0.05) is 25.8 Å². The minimum Gasteiger partial charge on any atom is -0.374 e. The van der Waals surface area contributed by atoms with Crippen LogP contribution in [0.1, 0.15) is 44.7 Å². The van der Waals surface area contributed by atoms with E-state index in [0.29, 0.717) is 6.04 Å². The average molecular weight is 313 g/mol. The summed E-state index contributed by atoms with van der Waals surface area (Å²) in [7, 11) is 4.15. The molecule has 18 heavy (non-hydrogen) atoms. The maximum Gasteiger partial charge on any atom is 0.0508 e. The minimum atomic E-state index is 0.390. The molecule has 1 N–H and O–H groups in total. The Morgan fingerprint density at radius 1 is 1.33 bits per heavy atom. The van der Waals surface area contributed by atoms with Crippen LogP contribution in [-0.2, 0) is 0 Å². The fourth-order valence-corrected chi connectivity index (χ4v) is 2.69. The molecule has 0 radical (unpaired) electrons. The Labute approximate surface area is 120 Å². The first-order valence-corrected chi connectivity index (χ1v) is 7.57. The number of anilines is 1. The predicted octanol–water partition coefficient (Wildman–Crippen LogP) is 4.36. The summed E-state index contributed by atoms with van der Waals surface area (Å²) in [4.78, 5) is 2.33. The van der Waals surface area contributed by atoms with Crippen LogP contribution in [-0.4, -0.2) is 20.6 Å². The zero-order chi connectivity index (χ0) is 13.5. The second kappa shape index (κ2) is 7.80. The number of hydrogen-bond acceptors (Lipinski definition) is 2. The molecule has 1 aromatic carbocycles. The van der Waals surface area contributed by atoms with Crippen molar-refractivity contribution in [2.24, 2.45) is 0 Å². The van der Waals surface area contributed by atoms with Crippen LogP contribution in [0.15, 0.2) is 22.7 Å². The lowest BCUT2D eigenvalue weighted by atomic mass is 10.1. The van der Waals surface area contributed by atoms with Gasteiger partial charge in [-0.3, -0.25) is 0 Å². The lowest BCUT2D eigenvalue weighted by molar-refractivity contribution is 0.651. The summed E-state index contributed by atoms with van der Waals surface area (Å²) in [5.74, 6) is 0. The summed E-state index contributed by atoms with van der Waals surface area (Å²) >= 11 is 3.68. The lowest BCUT2D eigenvalue weighted by Crippen LogP contribution is -2.19. The van der Waals surface area contributed by atoms with Gasteiger partial charge in [-0.2, -0.15) is 0 Å². The van der Waals surface area contributed by atoms with Crippen molar-refractivity contribution in [3.05, 3.63) is 28.2 Å². The van der Waals surface area contributed by atoms with Crippen LogP contribution in [0, 0.1) is 0 Å². The number of halogens is 1. The molecule has 0 aliphatic heterocycles. The smallest absolute Gasteiger partial charge is 0.0508 e. The molecule has 0 aliphatic carbocycles. The second-order valence-electron chi connectivity index (χ2n) is 4.85. The molecule has 0 spiro atoms. The second-order valence-corrected chi connectivity index (χ2v) is 5.70. The Balaban J connectivity index is 2.72. The van der Waals surface area contributed by atoms with Gasteiger partial charge in [0.05, 0.1) is 5.69 Å². The Morgan fingerprint density at radius 2 is 2.06 bits per heavy atom. The molecule has 0 aromatic heterocycles. The molecular formula is C15H25BrN2. The quantitative estimate of drug-likeness (QED) is 0.753. The third-order valence-corrected chi connectivity index (χ3v) is 4.05. The van der Waals surface area contributed by atoms with Gasteiger partial charge >= 0.3 is 0 Å². The summed E-state index contributed by atoms with van der Waals surface area (Å²) < 4.78 is 1.18. The molecule has 2 nitrogen and oxygen atoms in total. The highest BCUT2D eigenvalue weighted by molar-refractivity contribution is 9.10. The van der Waals surface area contributed by atoms with Gasteiger partial charge in [0.1, 0.15) is 0 Å². The van der Waals surface area contributed by atoms with Gasteiger partial charge < -0.3 is 10.2 Å². The standard InChI is InChI=1S/C15H25BrN2/c1-5-6-7-10-18(4)15-9-8-13(11-14(15)16)12(2)17-3/h8-9,11-12,17H,5-7,10H2,1-4H3. The molecule has 1 rings (SSSR count). The van der Waals surface area contributed by atoms with Gasteiger partial charge in [0.2, 0.25) is 0 Å². The van der Waals surface area contributed by atoms with Crippen molar-refractivity contribution < 1.29 is 0 Å². The highest BCUT2D eigenvalue weighted by atomic mass is 79.9. The topological polar surface area (TPSA) is 15.3 Å². The first-order chi connectivity index (χ1) is 8.60. The van der Waals surface area contributed by atoms with Gasteiger partial charge in [-0.15, -0.1) is 0 Å². The summed E-state index contributed by atoms with van der Waals surface area (Å²) in [5.41, 5.74) is 2.59. The van der Waals surface area contributed by atoms with Crippen molar-refractivity contribution in [3.63, 3.8) is 0 Å². The molecule has 0 fully saturated rings. The largest absolute Gasteiger partial charge is 0.374 e. The first kappa shape index (κ1) is 15.5. The summed E-state index contributed by atoms with van der Waals surface area (Å²) in [6, 6.07) is 7.02. The molecule has 1 unspecified atom stereocenters. The summed E-state index contributed by atoms with van der Waals surface area (Å²) in [5, 5.41) is 3.26. The van der Waals surface area contributed by atoms with Crippen molar-refractivity contribution in [2.45, 2.75) is 39.2 Å². The van der Waals surface area contributed by atoms with E-state index in [9.17, 15) is 0 Å². The van der Waals surface area contributed by atoms with E-state index >= 15 is 0 Å². The van der Waals surface area contributed by atoms with Crippen LogP contribution in [0.2, 0.25) is 0 Å². The zero-order valence-electron chi connectivity index (χ0n) is 12.0. The van der Waals surface area contributed by atoms with Gasteiger partial charge in [-0.05, 0) is 54.0 Å². The summed E-state index contributed by atoms with van der Waals surface area (Å²) in [6.45, 7) is 5.53. The van der Waals surface area contributed by atoms with Crippen LogP contribution in [0.4, 0.5) is 5.69 Å². The average Bonchev–Trinajstić information content (AvgIpc) is 2.37. The van der Waals surface area contributed by atoms with E-state index in [1.807, 2.05) is 7.05 Å².